The number of benzene rings is 1. The Morgan fingerprint density at radius 3 is 2.65 bits per heavy atom. The van der Waals surface area contributed by atoms with Crippen LogP contribution in [-0.4, -0.2) is 48.6 Å². The maximum Gasteiger partial charge on any atom is 0.251 e. The molecule has 0 bridgehead atoms. The molecule has 1 aromatic carbocycles. The van der Waals surface area contributed by atoms with E-state index in [0.29, 0.717) is 37.9 Å². The van der Waals surface area contributed by atoms with Crippen molar-refractivity contribution in [2.75, 3.05) is 18.8 Å². The van der Waals surface area contributed by atoms with E-state index < -0.39 is 10.0 Å². The van der Waals surface area contributed by atoms with Crippen molar-refractivity contribution in [1.82, 2.24) is 9.62 Å². The van der Waals surface area contributed by atoms with E-state index in [2.05, 4.69) is 5.32 Å². The molecule has 6 nitrogen and oxygen atoms in total. The van der Waals surface area contributed by atoms with Gasteiger partial charge in [-0.25, -0.2) is 12.7 Å². The van der Waals surface area contributed by atoms with Gasteiger partial charge >= 0.3 is 0 Å². The minimum absolute atomic E-state index is 0.0394. The van der Waals surface area contributed by atoms with Gasteiger partial charge in [0, 0.05) is 24.7 Å². The number of nitrogens with one attached hydrogen (secondary N) is 1. The third kappa shape index (κ3) is 4.94. The van der Waals surface area contributed by atoms with Gasteiger partial charge in [-0.15, -0.1) is 0 Å². The average Bonchev–Trinajstić information content (AvgIpc) is 2.53. The van der Waals surface area contributed by atoms with E-state index in [-0.39, 0.29) is 23.5 Å². The summed E-state index contributed by atoms with van der Waals surface area (Å²) < 4.78 is 25.8. The number of phenolic OH excluding ortho intramolecular Hbond substituents is 1. The van der Waals surface area contributed by atoms with Crippen molar-refractivity contribution < 1.29 is 18.3 Å². The predicted molar refractivity (Wildman–Crippen MR) is 88.9 cm³/mol. The molecule has 0 aliphatic carbocycles. The van der Waals surface area contributed by atoms with Gasteiger partial charge in [-0.3, -0.25) is 4.79 Å². The Labute approximate surface area is 137 Å². The van der Waals surface area contributed by atoms with Gasteiger partial charge in [0.05, 0.1) is 5.75 Å². The van der Waals surface area contributed by atoms with E-state index in [9.17, 15) is 18.3 Å². The summed E-state index contributed by atoms with van der Waals surface area (Å²) in [6, 6.07) is 6.14. The van der Waals surface area contributed by atoms with Crippen LogP contribution in [0.15, 0.2) is 24.3 Å². The van der Waals surface area contributed by atoms with Crippen LogP contribution < -0.4 is 5.32 Å². The molecule has 1 aromatic rings. The molecule has 1 amide bonds. The SMILES string of the molecule is CCCCS(=O)(=O)N1CCC(NC(=O)c2cccc(O)c2)CC1. The van der Waals surface area contributed by atoms with Crippen LogP contribution in [0.25, 0.3) is 0 Å². The standard InChI is InChI=1S/C16H24N2O4S/c1-2-3-11-23(21,22)18-9-7-14(8-10-18)17-16(20)13-5-4-6-15(19)12-13/h4-6,12,14,19H,2-3,7-11H2,1H3,(H,17,20). The van der Waals surface area contributed by atoms with Gasteiger partial charge in [0.25, 0.3) is 5.91 Å². The number of hydrogen-bond donors (Lipinski definition) is 2. The summed E-state index contributed by atoms with van der Waals surface area (Å²) in [5.41, 5.74) is 0.406. The second kappa shape index (κ2) is 7.79. The first kappa shape index (κ1) is 17.7. The Kier molecular flexibility index (Phi) is 6.01. The third-order valence-electron chi connectivity index (χ3n) is 4.05. The van der Waals surface area contributed by atoms with Crippen LogP contribution in [0, 0.1) is 0 Å². The van der Waals surface area contributed by atoms with Crippen molar-refractivity contribution in [3.05, 3.63) is 29.8 Å². The number of carbonyl (C=O) groups excluding carboxylic acids is 1. The van der Waals surface area contributed by atoms with Crippen molar-refractivity contribution in [2.45, 2.75) is 38.6 Å². The Morgan fingerprint density at radius 1 is 1.35 bits per heavy atom. The van der Waals surface area contributed by atoms with Crippen LogP contribution in [0.5, 0.6) is 5.75 Å². The number of aromatic hydroxyl groups is 1. The monoisotopic (exact) mass is 340 g/mol. The first-order valence-corrected chi connectivity index (χ1v) is 9.61. The fourth-order valence-corrected chi connectivity index (χ4v) is 4.33. The molecule has 1 saturated heterocycles. The lowest BCUT2D eigenvalue weighted by Gasteiger charge is -2.31. The van der Waals surface area contributed by atoms with E-state index in [4.69, 9.17) is 0 Å². The molecule has 0 saturated carbocycles. The third-order valence-corrected chi connectivity index (χ3v) is 6.00. The Balaban J connectivity index is 1.86. The lowest BCUT2D eigenvalue weighted by Crippen LogP contribution is -2.47. The molecule has 2 rings (SSSR count). The largest absolute Gasteiger partial charge is 0.508 e. The van der Waals surface area contributed by atoms with Crippen LogP contribution in [0.3, 0.4) is 0 Å². The zero-order valence-electron chi connectivity index (χ0n) is 13.4. The lowest BCUT2D eigenvalue weighted by atomic mass is 10.1. The molecule has 23 heavy (non-hydrogen) atoms. The molecule has 1 heterocycles. The molecular weight excluding hydrogens is 316 g/mol. The van der Waals surface area contributed by atoms with E-state index >= 15 is 0 Å². The van der Waals surface area contributed by atoms with E-state index in [0.717, 1.165) is 6.42 Å². The molecule has 1 fully saturated rings. The number of amides is 1. The second-order valence-corrected chi connectivity index (χ2v) is 7.96. The lowest BCUT2D eigenvalue weighted by molar-refractivity contribution is 0.0923. The number of phenols is 1. The Hall–Kier alpha value is -1.60. The number of rotatable bonds is 6. The molecule has 2 N–H and O–H groups in total. The molecule has 0 atom stereocenters. The van der Waals surface area contributed by atoms with Gasteiger partial charge in [0.2, 0.25) is 10.0 Å². The number of carbonyl (C=O) groups is 1. The maximum absolute atomic E-state index is 12.1. The van der Waals surface area contributed by atoms with Crippen LogP contribution >= 0.6 is 0 Å². The van der Waals surface area contributed by atoms with Crippen molar-refractivity contribution in [2.24, 2.45) is 0 Å². The summed E-state index contributed by atoms with van der Waals surface area (Å²) in [6.45, 7) is 2.85. The van der Waals surface area contributed by atoms with Gasteiger partial charge in [-0.05, 0) is 37.5 Å². The molecule has 1 aliphatic heterocycles. The molecule has 1 aliphatic rings. The second-order valence-electron chi connectivity index (χ2n) is 5.87. The number of nitrogens with zero attached hydrogens (tertiary/aromatic N) is 1. The minimum atomic E-state index is -3.17. The van der Waals surface area contributed by atoms with Crippen LogP contribution in [0.2, 0.25) is 0 Å². The molecule has 0 radical (unpaired) electrons. The number of hydrogen-bond acceptors (Lipinski definition) is 4. The minimum Gasteiger partial charge on any atom is -0.508 e. The van der Waals surface area contributed by atoms with E-state index in [1.807, 2.05) is 6.92 Å². The summed E-state index contributed by atoms with van der Waals surface area (Å²) in [6.07, 6.45) is 2.75. The summed E-state index contributed by atoms with van der Waals surface area (Å²) in [5, 5.41) is 12.3. The normalized spacial score (nSPS) is 17.1. The van der Waals surface area contributed by atoms with Gasteiger partial charge in [0.15, 0.2) is 0 Å². The predicted octanol–water partition coefficient (Wildman–Crippen LogP) is 1.72. The quantitative estimate of drug-likeness (QED) is 0.825. The van der Waals surface area contributed by atoms with Crippen molar-refractivity contribution in [3.63, 3.8) is 0 Å². The zero-order chi connectivity index (χ0) is 16.9. The van der Waals surface area contributed by atoms with Gasteiger partial charge in [-0.2, -0.15) is 0 Å². The van der Waals surface area contributed by atoms with E-state index in [1.165, 1.54) is 16.4 Å². The van der Waals surface area contributed by atoms with Crippen LogP contribution in [0.4, 0.5) is 0 Å². The molecule has 0 aromatic heterocycles. The van der Waals surface area contributed by atoms with Crippen LogP contribution in [-0.2, 0) is 10.0 Å². The van der Waals surface area contributed by atoms with Crippen molar-refractivity contribution in [1.29, 1.82) is 0 Å². The number of piperidine rings is 1. The highest BCUT2D eigenvalue weighted by Crippen LogP contribution is 2.17. The highest BCUT2D eigenvalue weighted by molar-refractivity contribution is 7.89. The summed E-state index contributed by atoms with van der Waals surface area (Å²) in [5.74, 6) is 0.00627. The van der Waals surface area contributed by atoms with Crippen LogP contribution in [0.1, 0.15) is 43.0 Å². The average molecular weight is 340 g/mol. The molecule has 0 unspecified atom stereocenters. The topological polar surface area (TPSA) is 86.7 Å². The summed E-state index contributed by atoms with van der Waals surface area (Å²) >= 11 is 0. The summed E-state index contributed by atoms with van der Waals surface area (Å²) in [4.78, 5) is 12.1. The molecular formula is C16H24N2O4S. The van der Waals surface area contributed by atoms with Crippen molar-refractivity contribution in [3.8, 4) is 5.75 Å². The van der Waals surface area contributed by atoms with Crippen molar-refractivity contribution >= 4 is 15.9 Å². The molecule has 128 valence electrons. The van der Waals surface area contributed by atoms with Gasteiger partial charge in [-0.1, -0.05) is 19.4 Å². The fraction of sp³-hybridized carbons (Fsp3) is 0.562. The fourth-order valence-electron chi connectivity index (χ4n) is 2.65. The zero-order valence-corrected chi connectivity index (χ0v) is 14.2. The number of unbranched alkanes of at least 4 members (excludes halogenated alkanes) is 1. The molecule has 7 heteroatoms. The smallest absolute Gasteiger partial charge is 0.251 e. The Bertz CT molecular complexity index is 637. The number of sulfonamides is 1. The maximum atomic E-state index is 12.1. The first-order valence-electron chi connectivity index (χ1n) is 8.00. The molecule has 0 spiro atoms. The summed E-state index contributed by atoms with van der Waals surface area (Å²) in [7, 11) is -3.17. The van der Waals surface area contributed by atoms with E-state index in [1.54, 1.807) is 12.1 Å². The highest BCUT2D eigenvalue weighted by atomic mass is 32.2. The first-order chi connectivity index (χ1) is 10.9. The van der Waals surface area contributed by atoms with Gasteiger partial charge in [0.1, 0.15) is 5.75 Å². The Morgan fingerprint density at radius 2 is 2.04 bits per heavy atom. The van der Waals surface area contributed by atoms with Gasteiger partial charge < -0.3 is 10.4 Å². The highest BCUT2D eigenvalue weighted by Gasteiger charge is 2.28.